The van der Waals surface area contributed by atoms with Crippen molar-refractivity contribution in [2.75, 3.05) is 12.3 Å². The van der Waals surface area contributed by atoms with Gasteiger partial charge in [-0.2, -0.15) is 12.6 Å². The highest BCUT2D eigenvalue weighted by Crippen LogP contribution is 2.05. The molecule has 186 valence electrons. The number of aromatic amines is 1. The van der Waals surface area contributed by atoms with E-state index in [-0.39, 0.29) is 18.6 Å². The van der Waals surface area contributed by atoms with E-state index < -0.39 is 54.0 Å². The normalized spacial score (nSPS) is 15.5. The molecule has 0 aliphatic heterocycles. The number of thiol groups is 1. The maximum Gasteiger partial charge on any atom is 0.326 e. The Kier molecular flexibility index (Phi) is 12.4. The van der Waals surface area contributed by atoms with Crippen LogP contribution in [0.2, 0.25) is 0 Å². The van der Waals surface area contributed by atoms with Gasteiger partial charge >= 0.3 is 5.97 Å². The molecule has 0 saturated heterocycles. The first-order chi connectivity index (χ1) is 15.6. The van der Waals surface area contributed by atoms with Gasteiger partial charge in [-0.25, -0.2) is 9.78 Å². The van der Waals surface area contributed by atoms with Crippen molar-refractivity contribution in [3.8, 4) is 0 Å². The van der Waals surface area contributed by atoms with E-state index >= 15 is 0 Å². The Balaban J connectivity index is 2.99. The van der Waals surface area contributed by atoms with E-state index in [9.17, 15) is 29.4 Å². The Labute approximate surface area is 196 Å². The molecule has 0 radical (unpaired) electrons. The van der Waals surface area contributed by atoms with Crippen LogP contribution in [-0.4, -0.2) is 86.4 Å². The van der Waals surface area contributed by atoms with Crippen LogP contribution in [0.3, 0.4) is 0 Å². The van der Waals surface area contributed by atoms with Crippen LogP contribution >= 0.6 is 12.6 Å². The minimum atomic E-state index is -1.40. The third-order valence-corrected chi connectivity index (χ3v) is 5.16. The summed E-state index contributed by atoms with van der Waals surface area (Å²) in [6.07, 6.45) is 2.74. The van der Waals surface area contributed by atoms with Crippen LogP contribution in [0.25, 0.3) is 0 Å². The number of hydrogen-bond acceptors (Lipinski definition) is 9. The zero-order chi connectivity index (χ0) is 25.0. The SMILES string of the molecule is CC(O)C(NC(=O)C(N)CS)C(=O)NC(Cc1cnc[nH]1)C(=O)NC(CCCCN)C(=O)O. The number of carbonyl (C=O) groups excluding carboxylic acids is 3. The number of carbonyl (C=O) groups is 4. The van der Waals surface area contributed by atoms with Crippen LogP contribution in [0.5, 0.6) is 0 Å². The van der Waals surface area contributed by atoms with Crippen molar-refractivity contribution in [2.24, 2.45) is 11.5 Å². The quantitative estimate of drug-likeness (QED) is 0.0922. The van der Waals surface area contributed by atoms with E-state index in [1.54, 1.807) is 0 Å². The Morgan fingerprint density at radius 3 is 2.30 bits per heavy atom. The van der Waals surface area contributed by atoms with Crippen LogP contribution in [0.1, 0.15) is 31.9 Å². The highest BCUT2D eigenvalue weighted by atomic mass is 32.1. The molecule has 3 amide bonds. The van der Waals surface area contributed by atoms with Gasteiger partial charge in [-0.3, -0.25) is 14.4 Å². The lowest BCUT2D eigenvalue weighted by molar-refractivity contribution is -0.142. The molecule has 0 aliphatic rings. The van der Waals surface area contributed by atoms with Gasteiger partial charge in [0, 0.05) is 24.1 Å². The monoisotopic (exact) mass is 487 g/mol. The number of unbranched alkanes of at least 4 members (excludes halogenated alkanes) is 1. The standard InChI is InChI=1S/C19H33N7O6S/c1-10(27)15(26-16(28)12(21)8-33)18(30)25-14(6-11-7-22-9-23-11)17(29)24-13(19(31)32)4-2-3-5-20/h7,9-10,12-15,27,33H,2-6,8,20-21H2,1H3,(H,22,23)(H,24,29)(H,25,30)(H,26,28)(H,31,32). The van der Waals surface area contributed by atoms with Crippen molar-refractivity contribution < 1.29 is 29.4 Å². The van der Waals surface area contributed by atoms with Crippen LogP contribution in [0.15, 0.2) is 12.5 Å². The number of aliphatic hydroxyl groups is 1. The average Bonchev–Trinajstić information content (AvgIpc) is 3.28. The van der Waals surface area contributed by atoms with Gasteiger partial charge in [0.25, 0.3) is 0 Å². The Bertz CT molecular complexity index is 777. The fourth-order valence-electron chi connectivity index (χ4n) is 2.86. The first kappa shape index (κ1) is 28.4. The number of rotatable bonds is 15. The van der Waals surface area contributed by atoms with Gasteiger partial charge in [0.15, 0.2) is 0 Å². The molecule has 0 aliphatic carbocycles. The number of aliphatic carboxylic acids is 1. The number of nitrogens with two attached hydrogens (primary N) is 2. The fraction of sp³-hybridized carbons (Fsp3) is 0.632. The van der Waals surface area contributed by atoms with Gasteiger partial charge in [-0.05, 0) is 32.7 Å². The van der Waals surface area contributed by atoms with Gasteiger partial charge in [0.05, 0.1) is 18.5 Å². The smallest absolute Gasteiger partial charge is 0.326 e. The second-order valence-electron chi connectivity index (χ2n) is 7.54. The predicted molar refractivity (Wildman–Crippen MR) is 122 cm³/mol. The van der Waals surface area contributed by atoms with E-state index in [1.807, 2.05) is 0 Å². The lowest BCUT2D eigenvalue weighted by Gasteiger charge is -2.26. The molecule has 10 N–H and O–H groups in total. The lowest BCUT2D eigenvalue weighted by Crippen LogP contribution is -2.60. The van der Waals surface area contributed by atoms with Crippen LogP contribution in [0, 0.1) is 0 Å². The van der Waals surface area contributed by atoms with Crippen molar-refractivity contribution in [3.05, 3.63) is 18.2 Å². The van der Waals surface area contributed by atoms with E-state index in [0.29, 0.717) is 25.1 Å². The number of H-pyrrole nitrogens is 1. The molecule has 1 aromatic heterocycles. The van der Waals surface area contributed by atoms with Crippen molar-refractivity contribution in [1.82, 2.24) is 25.9 Å². The number of aliphatic hydroxyl groups excluding tert-OH is 1. The molecule has 0 saturated carbocycles. The van der Waals surface area contributed by atoms with Gasteiger partial charge in [0.1, 0.15) is 18.1 Å². The molecule has 1 aromatic rings. The average molecular weight is 488 g/mol. The Hall–Kier alpha value is -2.68. The second-order valence-corrected chi connectivity index (χ2v) is 7.91. The van der Waals surface area contributed by atoms with Crippen molar-refractivity contribution in [3.63, 3.8) is 0 Å². The minimum absolute atomic E-state index is 0.0194. The van der Waals surface area contributed by atoms with E-state index in [0.717, 1.165) is 0 Å². The minimum Gasteiger partial charge on any atom is -0.480 e. The predicted octanol–water partition coefficient (Wildman–Crippen LogP) is -2.74. The number of carboxylic acid groups (broad SMARTS) is 1. The van der Waals surface area contributed by atoms with Crippen molar-refractivity contribution >= 4 is 36.3 Å². The van der Waals surface area contributed by atoms with Gasteiger partial charge in [-0.15, -0.1) is 0 Å². The van der Waals surface area contributed by atoms with Crippen LogP contribution in [-0.2, 0) is 25.6 Å². The molecule has 0 spiro atoms. The summed E-state index contributed by atoms with van der Waals surface area (Å²) >= 11 is 3.93. The maximum absolute atomic E-state index is 12.9. The summed E-state index contributed by atoms with van der Waals surface area (Å²) in [4.78, 5) is 56.0. The molecule has 0 aromatic carbocycles. The summed E-state index contributed by atoms with van der Waals surface area (Å²) in [6.45, 7) is 1.68. The van der Waals surface area contributed by atoms with E-state index in [2.05, 4.69) is 38.5 Å². The van der Waals surface area contributed by atoms with Crippen molar-refractivity contribution in [1.29, 1.82) is 0 Å². The Morgan fingerprint density at radius 2 is 1.79 bits per heavy atom. The second kappa shape index (κ2) is 14.5. The molecule has 5 atom stereocenters. The topological polar surface area (TPSA) is 226 Å². The summed E-state index contributed by atoms with van der Waals surface area (Å²) in [5.74, 6) is -3.50. The van der Waals surface area contributed by atoms with Gasteiger partial charge in [0.2, 0.25) is 17.7 Å². The number of carboxylic acids is 1. The number of amides is 3. The molecule has 14 heteroatoms. The van der Waals surface area contributed by atoms with Crippen LogP contribution < -0.4 is 27.4 Å². The number of aromatic nitrogens is 2. The maximum atomic E-state index is 12.9. The number of nitrogens with zero attached hydrogens (tertiary/aromatic N) is 1. The lowest BCUT2D eigenvalue weighted by atomic mass is 10.1. The van der Waals surface area contributed by atoms with Gasteiger partial charge < -0.3 is 42.6 Å². The number of hydrogen-bond donors (Lipinski definition) is 9. The van der Waals surface area contributed by atoms with E-state index in [1.165, 1.54) is 19.4 Å². The molecular formula is C19H33N7O6S. The van der Waals surface area contributed by atoms with Gasteiger partial charge in [-0.1, -0.05) is 0 Å². The molecule has 33 heavy (non-hydrogen) atoms. The van der Waals surface area contributed by atoms with Crippen LogP contribution in [0.4, 0.5) is 0 Å². The molecule has 1 rings (SSSR count). The molecule has 0 bridgehead atoms. The Morgan fingerprint density at radius 1 is 1.12 bits per heavy atom. The zero-order valence-electron chi connectivity index (χ0n) is 18.4. The first-order valence-electron chi connectivity index (χ1n) is 10.5. The fourth-order valence-corrected chi connectivity index (χ4v) is 3.02. The van der Waals surface area contributed by atoms with E-state index in [4.69, 9.17) is 11.5 Å². The summed E-state index contributed by atoms with van der Waals surface area (Å²) in [5, 5.41) is 26.6. The molecule has 0 fully saturated rings. The highest BCUT2D eigenvalue weighted by Gasteiger charge is 2.32. The summed E-state index contributed by atoms with van der Waals surface area (Å²) in [6, 6.07) is -4.80. The third kappa shape index (κ3) is 9.77. The third-order valence-electron chi connectivity index (χ3n) is 4.77. The zero-order valence-corrected chi connectivity index (χ0v) is 19.3. The molecule has 5 unspecified atom stereocenters. The highest BCUT2D eigenvalue weighted by molar-refractivity contribution is 7.80. The molecular weight excluding hydrogens is 454 g/mol. The molecule has 13 nitrogen and oxygen atoms in total. The van der Waals surface area contributed by atoms with Crippen molar-refractivity contribution in [2.45, 2.75) is 62.9 Å². The largest absolute Gasteiger partial charge is 0.480 e. The summed E-state index contributed by atoms with van der Waals surface area (Å²) in [5.41, 5.74) is 11.5. The summed E-state index contributed by atoms with van der Waals surface area (Å²) in [7, 11) is 0. The first-order valence-corrected chi connectivity index (χ1v) is 11.1. The number of imidazole rings is 1. The number of nitrogens with one attached hydrogen (secondary N) is 4. The summed E-state index contributed by atoms with van der Waals surface area (Å²) < 4.78 is 0. The molecule has 1 heterocycles.